The van der Waals surface area contributed by atoms with Gasteiger partial charge in [-0.3, -0.25) is 9.59 Å². The van der Waals surface area contributed by atoms with Gasteiger partial charge >= 0.3 is 5.97 Å². The fourth-order valence-corrected chi connectivity index (χ4v) is 4.09. The van der Waals surface area contributed by atoms with E-state index in [0.29, 0.717) is 16.0 Å². The highest BCUT2D eigenvalue weighted by Crippen LogP contribution is 2.33. The second-order valence-electron chi connectivity index (χ2n) is 8.88. The van der Waals surface area contributed by atoms with Gasteiger partial charge in [0.2, 0.25) is 0 Å². The lowest BCUT2D eigenvalue weighted by Gasteiger charge is -2.49. The summed E-state index contributed by atoms with van der Waals surface area (Å²) >= 11 is 1.93. The van der Waals surface area contributed by atoms with Crippen molar-refractivity contribution in [3.63, 3.8) is 0 Å². The number of amides is 1. The summed E-state index contributed by atoms with van der Waals surface area (Å²) in [5.41, 5.74) is -1.62. The van der Waals surface area contributed by atoms with Gasteiger partial charge in [0.15, 0.2) is 17.2 Å². The number of likely N-dealkylation sites (tertiary alicyclic amines) is 1. The Morgan fingerprint density at radius 3 is 2.38 bits per heavy atom. The summed E-state index contributed by atoms with van der Waals surface area (Å²) in [6.45, 7) is 7.93. The van der Waals surface area contributed by atoms with E-state index in [4.69, 9.17) is 4.74 Å². The van der Waals surface area contributed by atoms with E-state index in [-0.39, 0.29) is 30.4 Å². The molecule has 0 spiro atoms. The maximum Gasteiger partial charge on any atom is 0.303 e. The summed E-state index contributed by atoms with van der Waals surface area (Å²) in [4.78, 5) is 26.3. The van der Waals surface area contributed by atoms with Crippen LogP contribution in [0.15, 0.2) is 30.3 Å². The number of hydrogen-bond acceptors (Lipinski definition) is 5. The smallest absolute Gasteiger partial charge is 0.303 e. The summed E-state index contributed by atoms with van der Waals surface area (Å²) in [5, 5.41) is 5.85. The van der Waals surface area contributed by atoms with Gasteiger partial charge in [-0.15, -0.1) is 0 Å². The molecule has 10 heteroatoms. The Hall–Kier alpha value is -2.34. The van der Waals surface area contributed by atoms with E-state index in [9.17, 15) is 22.8 Å². The number of ether oxygens (including phenoxy) is 1. The Morgan fingerprint density at radius 1 is 1.12 bits per heavy atom. The Kier molecular flexibility index (Phi) is 8.12. The molecule has 1 unspecified atom stereocenters. The van der Waals surface area contributed by atoms with E-state index in [1.54, 1.807) is 6.07 Å². The first-order chi connectivity index (χ1) is 15.9. The SMILES string of the molecule is CC(=O)OC1(CNC(C)C(C)C)CN(C(=O)c2ccc(F)c(F)c2Nc2ccc(I)cc2F)C1. The number of nitrogens with zero attached hydrogens (tertiary/aromatic N) is 1. The molecule has 2 aromatic rings. The number of halogens is 4. The molecule has 1 saturated heterocycles. The minimum atomic E-state index is -1.29. The zero-order valence-electron chi connectivity index (χ0n) is 19.3. The summed E-state index contributed by atoms with van der Waals surface area (Å²) < 4.78 is 49.2. The van der Waals surface area contributed by atoms with Crippen molar-refractivity contribution in [1.82, 2.24) is 10.2 Å². The molecule has 1 heterocycles. The zero-order valence-corrected chi connectivity index (χ0v) is 21.5. The molecule has 0 radical (unpaired) electrons. The maximum atomic E-state index is 14.7. The van der Waals surface area contributed by atoms with Gasteiger partial charge in [0.25, 0.3) is 5.91 Å². The van der Waals surface area contributed by atoms with E-state index < -0.39 is 40.6 Å². The van der Waals surface area contributed by atoms with Crippen LogP contribution < -0.4 is 10.6 Å². The first-order valence-corrected chi connectivity index (χ1v) is 11.9. The number of hydrogen-bond donors (Lipinski definition) is 2. The lowest BCUT2D eigenvalue weighted by molar-refractivity contribution is -0.172. The van der Waals surface area contributed by atoms with Gasteiger partial charge in [-0.05, 0) is 65.8 Å². The maximum absolute atomic E-state index is 14.7. The zero-order chi connectivity index (χ0) is 25.2. The third-order valence-corrected chi connectivity index (χ3v) is 6.54. The molecule has 0 aliphatic carbocycles. The minimum Gasteiger partial charge on any atom is -0.454 e. The largest absolute Gasteiger partial charge is 0.454 e. The molecule has 1 aliphatic rings. The van der Waals surface area contributed by atoms with Crippen LogP contribution in [0.2, 0.25) is 0 Å². The second-order valence-corrected chi connectivity index (χ2v) is 10.1. The molecule has 34 heavy (non-hydrogen) atoms. The standard InChI is InChI=1S/C24H27F3IN3O3/c1-13(2)14(3)29-10-24(34-15(4)32)11-31(12-24)23(33)17-6-7-18(25)21(27)22(17)30-20-8-5-16(28)9-19(20)26/h5-9,13-14,29-30H,10-12H2,1-4H3. The van der Waals surface area contributed by atoms with Crippen molar-refractivity contribution < 1.29 is 27.5 Å². The number of carbonyl (C=O) groups is 2. The van der Waals surface area contributed by atoms with Gasteiger partial charge in [0.05, 0.1) is 30.0 Å². The lowest BCUT2D eigenvalue weighted by Crippen LogP contribution is -2.69. The normalized spacial score (nSPS) is 15.6. The van der Waals surface area contributed by atoms with Crippen LogP contribution in [0.5, 0.6) is 0 Å². The van der Waals surface area contributed by atoms with Gasteiger partial charge in [-0.25, -0.2) is 13.2 Å². The highest BCUT2D eigenvalue weighted by Gasteiger charge is 2.48. The summed E-state index contributed by atoms with van der Waals surface area (Å²) in [7, 11) is 0. The van der Waals surface area contributed by atoms with Crippen LogP contribution in [0.4, 0.5) is 24.5 Å². The molecular formula is C24H27F3IN3O3. The van der Waals surface area contributed by atoms with Gasteiger partial charge in [-0.2, -0.15) is 0 Å². The topological polar surface area (TPSA) is 70.7 Å². The Morgan fingerprint density at radius 2 is 1.79 bits per heavy atom. The summed E-state index contributed by atoms with van der Waals surface area (Å²) in [5.74, 6) is -3.85. The number of rotatable bonds is 8. The van der Waals surface area contributed by atoms with Gasteiger partial charge in [0, 0.05) is 23.1 Å². The van der Waals surface area contributed by atoms with Crippen LogP contribution in [-0.4, -0.2) is 48.1 Å². The second kappa shape index (κ2) is 10.5. The summed E-state index contributed by atoms with van der Waals surface area (Å²) in [6, 6.07) is 6.37. The highest BCUT2D eigenvalue weighted by molar-refractivity contribution is 14.1. The van der Waals surface area contributed by atoms with Crippen LogP contribution in [0.25, 0.3) is 0 Å². The third kappa shape index (κ3) is 5.83. The summed E-state index contributed by atoms with van der Waals surface area (Å²) in [6.07, 6.45) is 0. The van der Waals surface area contributed by atoms with Crippen molar-refractivity contribution in [3.8, 4) is 0 Å². The average molecular weight is 589 g/mol. The predicted octanol–water partition coefficient (Wildman–Crippen LogP) is 4.84. The molecule has 1 atom stereocenters. The minimum absolute atomic E-state index is 0.0829. The highest BCUT2D eigenvalue weighted by atomic mass is 127. The molecular weight excluding hydrogens is 562 g/mol. The van der Waals surface area contributed by atoms with Crippen LogP contribution in [0.3, 0.4) is 0 Å². The molecule has 3 rings (SSSR count). The van der Waals surface area contributed by atoms with Crippen molar-refractivity contribution in [3.05, 3.63) is 56.9 Å². The van der Waals surface area contributed by atoms with E-state index in [0.717, 1.165) is 12.1 Å². The monoisotopic (exact) mass is 589 g/mol. The van der Waals surface area contributed by atoms with Crippen LogP contribution in [0, 0.1) is 26.9 Å². The van der Waals surface area contributed by atoms with Crippen LogP contribution >= 0.6 is 22.6 Å². The number of nitrogens with one attached hydrogen (secondary N) is 2. The number of carbonyl (C=O) groups excluding carboxylic acids is 2. The van der Waals surface area contributed by atoms with Gasteiger partial charge in [-0.1, -0.05) is 13.8 Å². The van der Waals surface area contributed by atoms with Crippen LogP contribution in [0.1, 0.15) is 38.1 Å². The van der Waals surface area contributed by atoms with Crippen molar-refractivity contribution in [2.24, 2.45) is 5.92 Å². The van der Waals surface area contributed by atoms with Gasteiger partial charge < -0.3 is 20.3 Å². The van der Waals surface area contributed by atoms with E-state index in [2.05, 4.69) is 24.5 Å². The Balaban J connectivity index is 1.83. The molecule has 184 valence electrons. The third-order valence-electron chi connectivity index (χ3n) is 5.87. The van der Waals surface area contributed by atoms with Crippen molar-refractivity contribution in [2.45, 2.75) is 39.3 Å². The van der Waals surface area contributed by atoms with Crippen molar-refractivity contribution in [2.75, 3.05) is 25.0 Å². The van der Waals surface area contributed by atoms with Gasteiger partial charge in [0.1, 0.15) is 5.82 Å². The van der Waals surface area contributed by atoms with E-state index in [1.807, 2.05) is 29.5 Å². The molecule has 1 amide bonds. The number of esters is 1. The quantitative estimate of drug-likeness (QED) is 0.341. The van der Waals surface area contributed by atoms with Crippen molar-refractivity contribution in [1.29, 1.82) is 0 Å². The Bertz CT molecular complexity index is 1090. The first kappa shape index (κ1) is 26.3. The molecule has 1 fully saturated rings. The predicted molar refractivity (Wildman–Crippen MR) is 131 cm³/mol. The number of anilines is 2. The fourth-order valence-electron chi connectivity index (χ4n) is 3.64. The molecule has 1 aliphatic heterocycles. The van der Waals surface area contributed by atoms with Crippen LogP contribution in [-0.2, 0) is 9.53 Å². The molecule has 0 bridgehead atoms. The molecule has 0 aromatic heterocycles. The van der Waals surface area contributed by atoms with E-state index in [1.165, 1.54) is 24.0 Å². The lowest BCUT2D eigenvalue weighted by atomic mass is 9.91. The first-order valence-electron chi connectivity index (χ1n) is 10.8. The average Bonchev–Trinajstić information content (AvgIpc) is 2.73. The molecule has 2 aromatic carbocycles. The Labute approximate surface area is 210 Å². The molecule has 0 saturated carbocycles. The molecule has 6 nitrogen and oxygen atoms in total. The number of benzene rings is 2. The molecule has 2 N–H and O–H groups in total. The van der Waals surface area contributed by atoms with E-state index >= 15 is 0 Å². The fraction of sp³-hybridized carbons (Fsp3) is 0.417. The van der Waals surface area contributed by atoms with Crippen molar-refractivity contribution >= 4 is 45.8 Å².